The molecule has 0 bridgehead atoms. The fourth-order valence-corrected chi connectivity index (χ4v) is 3.52. The Labute approximate surface area is 148 Å². The number of carbonyl (C=O) groups excluding carboxylic acids is 1. The van der Waals surface area contributed by atoms with Gasteiger partial charge in [-0.05, 0) is 44.5 Å². The van der Waals surface area contributed by atoms with Crippen LogP contribution in [-0.2, 0) is 6.54 Å². The highest BCUT2D eigenvalue weighted by atomic mass is 16.1. The molecule has 4 rings (SSSR count). The van der Waals surface area contributed by atoms with E-state index in [-0.39, 0.29) is 0 Å². The van der Waals surface area contributed by atoms with E-state index >= 15 is 0 Å². The number of likely N-dealkylation sites (N-methyl/N-ethyl adjacent to an activating group) is 1. The molecule has 1 aromatic carbocycles. The van der Waals surface area contributed by atoms with Gasteiger partial charge < -0.3 is 9.47 Å². The summed E-state index contributed by atoms with van der Waals surface area (Å²) in [5.41, 5.74) is 5.86. The number of rotatable bonds is 6. The zero-order chi connectivity index (χ0) is 17.4. The normalized spacial score (nSPS) is 14.4. The largest absolute Gasteiger partial charge is 0.335 e. The maximum absolute atomic E-state index is 12.0. The van der Waals surface area contributed by atoms with Crippen LogP contribution in [0.25, 0.3) is 22.2 Å². The van der Waals surface area contributed by atoms with Gasteiger partial charge in [-0.2, -0.15) is 0 Å². The third-order valence-electron chi connectivity index (χ3n) is 5.16. The van der Waals surface area contributed by atoms with Crippen LogP contribution in [0.4, 0.5) is 0 Å². The summed E-state index contributed by atoms with van der Waals surface area (Å²) in [6, 6.07) is 13.0. The third kappa shape index (κ3) is 2.98. The lowest BCUT2D eigenvalue weighted by molar-refractivity contribution is 0.111. The minimum atomic E-state index is 0.719. The fourth-order valence-electron chi connectivity index (χ4n) is 3.52. The Hall–Kier alpha value is -2.46. The van der Waals surface area contributed by atoms with Gasteiger partial charge in [0.05, 0.1) is 16.7 Å². The van der Waals surface area contributed by atoms with E-state index in [0.29, 0.717) is 0 Å². The van der Waals surface area contributed by atoms with E-state index < -0.39 is 0 Å². The lowest BCUT2D eigenvalue weighted by Gasteiger charge is -2.17. The van der Waals surface area contributed by atoms with Crippen LogP contribution in [0.15, 0.2) is 42.6 Å². The van der Waals surface area contributed by atoms with Gasteiger partial charge in [-0.25, -0.2) is 0 Å². The number of aryl methyl sites for hydroxylation is 1. The van der Waals surface area contributed by atoms with Gasteiger partial charge >= 0.3 is 0 Å². The molecule has 1 fully saturated rings. The SMILES string of the molecule is Cc1ccc(-c2c(C=O)n(CCN(C)C3CC3)c3cccnc23)cc1. The first kappa shape index (κ1) is 16.0. The summed E-state index contributed by atoms with van der Waals surface area (Å²) < 4.78 is 2.13. The Bertz CT molecular complexity index is 907. The van der Waals surface area contributed by atoms with E-state index in [0.717, 1.165) is 53.3 Å². The molecule has 4 heteroatoms. The predicted molar refractivity (Wildman–Crippen MR) is 101 cm³/mol. The monoisotopic (exact) mass is 333 g/mol. The molecule has 25 heavy (non-hydrogen) atoms. The lowest BCUT2D eigenvalue weighted by Crippen LogP contribution is -2.25. The van der Waals surface area contributed by atoms with Gasteiger partial charge in [0.25, 0.3) is 0 Å². The second-order valence-corrected chi connectivity index (χ2v) is 6.98. The van der Waals surface area contributed by atoms with Gasteiger partial charge in [0, 0.05) is 30.9 Å². The Morgan fingerprint density at radius 2 is 2.00 bits per heavy atom. The summed E-state index contributed by atoms with van der Waals surface area (Å²) in [5.74, 6) is 0. The van der Waals surface area contributed by atoms with Crippen molar-refractivity contribution in [1.82, 2.24) is 14.5 Å². The number of carbonyl (C=O) groups is 1. The van der Waals surface area contributed by atoms with Crippen LogP contribution in [0.1, 0.15) is 28.9 Å². The second kappa shape index (κ2) is 6.45. The highest BCUT2D eigenvalue weighted by Gasteiger charge is 2.26. The van der Waals surface area contributed by atoms with Gasteiger partial charge in [-0.1, -0.05) is 29.8 Å². The molecule has 128 valence electrons. The van der Waals surface area contributed by atoms with Crippen molar-refractivity contribution in [2.24, 2.45) is 0 Å². The molecular formula is C21H23N3O. The van der Waals surface area contributed by atoms with Crippen molar-refractivity contribution in [3.05, 3.63) is 53.9 Å². The van der Waals surface area contributed by atoms with Crippen molar-refractivity contribution in [2.75, 3.05) is 13.6 Å². The summed E-state index contributed by atoms with van der Waals surface area (Å²) in [6.45, 7) is 3.81. The molecule has 1 aliphatic rings. The first-order chi connectivity index (χ1) is 12.2. The van der Waals surface area contributed by atoms with Crippen LogP contribution in [0.2, 0.25) is 0 Å². The van der Waals surface area contributed by atoms with Gasteiger partial charge in [-0.3, -0.25) is 9.78 Å². The maximum atomic E-state index is 12.0. The number of pyridine rings is 1. The summed E-state index contributed by atoms with van der Waals surface area (Å²) in [4.78, 5) is 19.0. The molecule has 2 heterocycles. The van der Waals surface area contributed by atoms with Crippen molar-refractivity contribution in [2.45, 2.75) is 32.4 Å². The number of fused-ring (bicyclic) bond motifs is 1. The van der Waals surface area contributed by atoms with E-state index in [4.69, 9.17) is 0 Å². The molecular weight excluding hydrogens is 310 g/mol. The van der Waals surface area contributed by atoms with Crippen LogP contribution in [0.5, 0.6) is 0 Å². The quantitative estimate of drug-likeness (QED) is 0.642. The zero-order valence-corrected chi connectivity index (χ0v) is 14.8. The third-order valence-corrected chi connectivity index (χ3v) is 5.16. The molecule has 1 aliphatic carbocycles. The first-order valence-corrected chi connectivity index (χ1v) is 8.88. The molecule has 0 aliphatic heterocycles. The number of hydrogen-bond acceptors (Lipinski definition) is 3. The van der Waals surface area contributed by atoms with Gasteiger partial charge in [0.2, 0.25) is 0 Å². The van der Waals surface area contributed by atoms with Gasteiger partial charge in [0.15, 0.2) is 6.29 Å². The average Bonchev–Trinajstić information content (AvgIpc) is 3.43. The molecule has 2 aromatic heterocycles. The van der Waals surface area contributed by atoms with E-state index in [2.05, 4.69) is 58.8 Å². The Balaban J connectivity index is 1.81. The van der Waals surface area contributed by atoms with E-state index in [1.165, 1.54) is 18.4 Å². The molecule has 0 N–H and O–H groups in total. The minimum absolute atomic E-state index is 0.719. The standard InChI is InChI=1S/C21H23N3O/c1-15-5-7-16(8-6-15)20-19(14-25)24(13-12-23(2)17-9-10-17)18-4-3-11-22-21(18)20/h3-8,11,14,17H,9-10,12-13H2,1-2H3. The van der Waals surface area contributed by atoms with E-state index in [1.807, 2.05) is 6.07 Å². The summed E-state index contributed by atoms with van der Waals surface area (Å²) >= 11 is 0. The smallest absolute Gasteiger partial charge is 0.167 e. The molecule has 0 amide bonds. The van der Waals surface area contributed by atoms with Crippen molar-refractivity contribution >= 4 is 17.3 Å². The fraction of sp³-hybridized carbons (Fsp3) is 0.333. The van der Waals surface area contributed by atoms with Gasteiger partial charge in [0.1, 0.15) is 0 Å². The summed E-state index contributed by atoms with van der Waals surface area (Å²) in [5, 5.41) is 0. The molecule has 0 saturated heterocycles. The lowest BCUT2D eigenvalue weighted by atomic mass is 10.0. The van der Waals surface area contributed by atoms with Gasteiger partial charge in [-0.15, -0.1) is 0 Å². The summed E-state index contributed by atoms with van der Waals surface area (Å²) in [6.07, 6.45) is 5.36. The van der Waals surface area contributed by atoms with E-state index in [1.54, 1.807) is 6.20 Å². The number of hydrogen-bond donors (Lipinski definition) is 0. The highest BCUT2D eigenvalue weighted by Crippen LogP contribution is 2.33. The molecule has 1 saturated carbocycles. The Morgan fingerprint density at radius 3 is 2.68 bits per heavy atom. The van der Waals surface area contributed by atoms with Crippen molar-refractivity contribution in [1.29, 1.82) is 0 Å². The minimum Gasteiger partial charge on any atom is -0.335 e. The highest BCUT2D eigenvalue weighted by molar-refractivity contribution is 6.02. The number of nitrogens with zero attached hydrogens (tertiary/aromatic N) is 3. The number of aldehydes is 1. The Morgan fingerprint density at radius 1 is 1.24 bits per heavy atom. The van der Waals surface area contributed by atoms with E-state index in [9.17, 15) is 4.79 Å². The van der Waals surface area contributed by atoms with Crippen LogP contribution in [0, 0.1) is 6.92 Å². The zero-order valence-electron chi connectivity index (χ0n) is 14.8. The Kier molecular flexibility index (Phi) is 4.14. The molecule has 0 radical (unpaired) electrons. The summed E-state index contributed by atoms with van der Waals surface area (Å²) in [7, 11) is 2.17. The average molecular weight is 333 g/mol. The second-order valence-electron chi connectivity index (χ2n) is 6.98. The number of benzene rings is 1. The predicted octanol–water partition coefficient (Wildman–Crippen LogP) is 3.92. The maximum Gasteiger partial charge on any atom is 0.167 e. The van der Waals surface area contributed by atoms with Crippen LogP contribution < -0.4 is 0 Å². The van der Waals surface area contributed by atoms with Crippen molar-refractivity contribution < 1.29 is 4.79 Å². The van der Waals surface area contributed by atoms with Crippen LogP contribution >= 0.6 is 0 Å². The molecule has 0 atom stereocenters. The van der Waals surface area contributed by atoms with Crippen molar-refractivity contribution in [3.8, 4) is 11.1 Å². The topological polar surface area (TPSA) is 38.1 Å². The molecule has 0 unspecified atom stereocenters. The van der Waals surface area contributed by atoms with Crippen LogP contribution in [0.3, 0.4) is 0 Å². The molecule has 0 spiro atoms. The molecule has 4 nitrogen and oxygen atoms in total. The first-order valence-electron chi connectivity index (χ1n) is 8.88. The van der Waals surface area contributed by atoms with Crippen molar-refractivity contribution in [3.63, 3.8) is 0 Å². The number of aromatic nitrogens is 2. The molecule has 3 aromatic rings. The van der Waals surface area contributed by atoms with Crippen LogP contribution in [-0.4, -0.2) is 40.4 Å².